The number of nitrogens with zero attached hydrogens (tertiary/aromatic N) is 4. The van der Waals surface area contributed by atoms with Crippen molar-refractivity contribution in [2.24, 2.45) is 0 Å². The van der Waals surface area contributed by atoms with Gasteiger partial charge in [0, 0.05) is 25.4 Å². The summed E-state index contributed by atoms with van der Waals surface area (Å²) in [7, 11) is 3.12. The highest BCUT2D eigenvalue weighted by Gasteiger charge is 2.22. The number of carbonyl (C=O) groups is 2. The van der Waals surface area contributed by atoms with Crippen molar-refractivity contribution in [3.8, 4) is 28.8 Å². The number of benzene rings is 2. The van der Waals surface area contributed by atoms with E-state index in [1.54, 1.807) is 43.2 Å². The maximum atomic E-state index is 12.8. The number of ether oxygens (including phenoxy) is 2. The molecule has 0 aliphatic heterocycles. The van der Waals surface area contributed by atoms with E-state index in [9.17, 15) is 9.59 Å². The third-order valence-electron chi connectivity index (χ3n) is 4.61. The van der Waals surface area contributed by atoms with Crippen molar-refractivity contribution < 1.29 is 19.1 Å². The first-order valence-electron chi connectivity index (χ1n) is 9.61. The third kappa shape index (κ3) is 5.28. The Morgan fingerprint density at radius 1 is 1.16 bits per heavy atom. The van der Waals surface area contributed by atoms with Gasteiger partial charge in [-0.05, 0) is 24.3 Å². The molecule has 1 aromatic heterocycles. The lowest BCUT2D eigenvalue weighted by Gasteiger charge is -2.15. The van der Waals surface area contributed by atoms with Gasteiger partial charge in [0.25, 0.3) is 5.91 Å². The van der Waals surface area contributed by atoms with Crippen molar-refractivity contribution in [1.82, 2.24) is 14.7 Å². The van der Waals surface area contributed by atoms with Gasteiger partial charge in [-0.25, -0.2) is 9.48 Å². The molecule has 0 N–H and O–H groups in total. The Hall–Kier alpha value is -4.12. The van der Waals surface area contributed by atoms with Crippen LogP contribution in [0.3, 0.4) is 0 Å². The van der Waals surface area contributed by atoms with E-state index in [4.69, 9.17) is 14.7 Å². The Balaban J connectivity index is 1.88. The van der Waals surface area contributed by atoms with E-state index < -0.39 is 12.6 Å². The molecule has 0 aliphatic rings. The van der Waals surface area contributed by atoms with Crippen LogP contribution < -0.4 is 4.74 Å². The van der Waals surface area contributed by atoms with Gasteiger partial charge in [0.2, 0.25) is 0 Å². The Morgan fingerprint density at radius 2 is 1.94 bits per heavy atom. The second kappa shape index (κ2) is 10.1. The quantitative estimate of drug-likeness (QED) is 0.522. The fraction of sp³-hybridized carbons (Fsp3) is 0.217. The van der Waals surface area contributed by atoms with Gasteiger partial charge in [-0.1, -0.05) is 30.3 Å². The lowest BCUT2D eigenvalue weighted by Crippen LogP contribution is -2.31. The molecule has 1 amide bonds. The van der Waals surface area contributed by atoms with Crippen molar-refractivity contribution in [3.63, 3.8) is 0 Å². The van der Waals surface area contributed by atoms with Crippen molar-refractivity contribution in [3.05, 3.63) is 66.4 Å². The number of carbonyl (C=O) groups excluding carboxylic acids is 2. The minimum absolute atomic E-state index is 0.208. The zero-order valence-electron chi connectivity index (χ0n) is 17.3. The topological polar surface area (TPSA) is 97.5 Å². The molecule has 3 aromatic rings. The third-order valence-corrected chi connectivity index (χ3v) is 4.61. The van der Waals surface area contributed by atoms with Crippen LogP contribution in [0, 0.1) is 11.3 Å². The zero-order valence-corrected chi connectivity index (χ0v) is 17.3. The summed E-state index contributed by atoms with van der Waals surface area (Å²) >= 11 is 0. The van der Waals surface area contributed by atoms with Crippen LogP contribution in [0.2, 0.25) is 0 Å². The first kappa shape index (κ1) is 21.6. The summed E-state index contributed by atoms with van der Waals surface area (Å²) in [5.74, 6) is -0.426. The van der Waals surface area contributed by atoms with Crippen LogP contribution in [0.1, 0.15) is 16.8 Å². The summed E-state index contributed by atoms with van der Waals surface area (Å²) in [6, 6.07) is 18.5. The molecule has 3 rings (SSSR count). The van der Waals surface area contributed by atoms with E-state index in [1.165, 1.54) is 4.90 Å². The Kier molecular flexibility index (Phi) is 7.01. The monoisotopic (exact) mass is 418 g/mol. The number of para-hydroxylation sites is 1. The highest BCUT2D eigenvalue weighted by molar-refractivity contribution is 5.97. The molecule has 158 valence electrons. The van der Waals surface area contributed by atoms with Crippen LogP contribution in [-0.2, 0) is 9.53 Å². The maximum Gasteiger partial charge on any atom is 0.342 e. The van der Waals surface area contributed by atoms with E-state index in [-0.39, 0.29) is 24.4 Å². The van der Waals surface area contributed by atoms with Crippen LogP contribution in [0.25, 0.3) is 16.9 Å². The van der Waals surface area contributed by atoms with E-state index in [2.05, 4.69) is 5.10 Å². The average Bonchev–Trinajstić information content (AvgIpc) is 3.27. The Labute approximate surface area is 180 Å². The smallest absolute Gasteiger partial charge is 0.342 e. The molecule has 0 atom stereocenters. The molecule has 0 radical (unpaired) electrons. The van der Waals surface area contributed by atoms with E-state index >= 15 is 0 Å². The summed E-state index contributed by atoms with van der Waals surface area (Å²) < 4.78 is 12.1. The normalized spacial score (nSPS) is 10.2. The molecular weight excluding hydrogens is 396 g/mol. The molecule has 31 heavy (non-hydrogen) atoms. The predicted molar refractivity (Wildman–Crippen MR) is 114 cm³/mol. The molecular formula is C23H22N4O4. The number of esters is 1. The number of amides is 1. The summed E-state index contributed by atoms with van der Waals surface area (Å²) in [5, 5.41) is 13.2. The molecule has 0 saturated carbocycles. The molecule has 0 aliphatic carbocycles. The van der Waals surface area contributed by atoms with Gasteiger partial charge < -0.3 is 14.4 Å². The van der Waals surface area contributed by atoms with Crippen LogP contribution in [0.15, 0.2) is 60.8 Å². The molecule has 0 fully saturated rings. The summed E-state index contributed by atoms with van der Waals surface area (Å²) in [4.78, 5) is 26.4. The summed E-state index contributed by atoms with van der Waals surface area (Å²) in [6.07, 6.45) is 1.79. The van der Waals surface area contributed by atoms with Gasteiger partial charge in [0.1, 0.15) is 17.0 Å². The number of nitriles is 1. The number of aromatic nitrogens is 2. The van der Waals surface area contributed by atoms with Crippen LogP contribution in [-0.4, -0.2) is 53.9 Å². The van der Waals surface area contributed by atoms with Gasteiger partial charge in [-0.15, -0.1) is 0 Å². The second-order valence-corrected chi connectivity index (χ2v) is 6.70. The Morgan fingerprint density at radius 3 is 2.65 bits per heavy atom. The molecule has 0 bridgehead atoms. The second-order valence-electron chi connectivity index (χ2n) is 6.70. The van der Waals surface area contributed by atoms with Gasteiger partial charge >= 0.3 is 5.97 Å². The molecule has 1 heterocycles. The largest absolute Gasteiger partial charge is 0.497 e. The van der Waals surface area contributed by atoms with Crippen LogP contribution in [0.5, 0.6) is 5.75 Å². The highest BCUT2D eigenvalue weighted by Crippen LogP contribution is 2.27. The first-order valence-corrected chi connectivity index (χ1v) is 9.61. The molecule has 0 saturated heterocycles. The lowest BCUT2D eigenvalue weighted by atomic mass is 10.1. The first-order chi connectivity index (χ1) is 15.0. The number of likely N-dealkylation sites (N-methyl/N-ethyl adjacent to an activating group) is 1. The molecule has 2 aromatic carbocycles. The highest BCUT2D eigenvalue weighted by atomic mass is 16.5. The van der Waals surface area contributed by atoms with Gasteiger partial charge in [0.05, 0.1) is 25.3 Å². The molecule has 0 unspecified atom stereocenters. The van der Waals surface area contributed by atoms with Crippen molar-refractivity contribution in [2.75, 3.05) is 27.3 Å². The van der Waals surface area contributed by atoms with E-state index in [0.717, 1.165) is 5.69 Å². The van der Waals surface area contributed by atoms with Crippen molar-refractivity contribution >= 4 is 11.9 Å². The van der Waals surface area contributed by atoms with Crippen LogP contribution in [0.4, 0.5) is 0 Å². The minimum atomic E-state index is -0.665. The fourth-order valence-corrected chi connectivity index (χ4v) is 2.88. The van der Waals surface area contributed by atoms with Crippen molar-refractivity contribution in [2.45, 2.75) is 6.42 Å². The number of hydrogen-bond acceptors (Lipinski definition) is 6. The molecule has 8 nitrogen and oxygen atoms in total. The molecule has 8 heteroatoms. The van der Waals surface area contributed by atoms with Crippen LogP contribution >= 0.6 is 0 Å². The summed E-state index contributed by atoms with van der Waals surface area (Å²) in [5.41, 5.74) is 2.10. The van der Waals surface area contributed by atoms with E-state index in [0.29, 0.717) is 17.0 Å². The zero-order chi connectivity index (χ0) is 22.2. The Bertz CT molecular complexity index is 1100. The van der Waals surface area contributed by atoms with Gasteiger partial charge in [-0.2, -0.15) is 10.4 Å². The fourth-order valence-electron chi connectivity index (χ4n) is 2.88. The minimum Gasteiger partial charge on any atom is -0.497 e. The number of hydrogen-bond donors (Lipinski definition) is 0. The number of rotatable bonds is 8. The number of methoxy groups -OCH3 is 1. The molecule has 0 spiro atoms. The predicted octanol–water partition coefficient (Wildman–Crippen LogP) is 3.08. The van der Waals surface area contributed by atoms with Crippen molar-refractivity contribution in [1.29, 1.82) is 5.26 Å². The van der Waals surface area contributed by atoms with Gasteiger partial charge in [0.15, 0.2) is 6.61 Å². The lowest BCUT2D eigenvalue weighted by molar-refractivity contribution is -0.133. The SMILES string of the molecule is COc1cccc(-c2nn(-c3ccccc3)cc2C(=O)OCC(=O)N(C)CCC#N)c1. The average molecular weight is 418 g/mol. The standard InChI is InChI=1S/C23H22N4O4/c1-26(13-7-12-24)21(28)16-31-23(29)20-15-27(18-9-4-3-5-10-18)25-22(20)17-8-6-11-19(14-17)30-2/h3-6,8-11,14-15H,7,13,16H2,1-2H3. The van der Waals surface area contributed by atoms with Gasteiger partial charge in [-0.3, -0.25) is 4.79 Å². The maximum absolute atomic E-state index is 12.8. The summed E-state index contributed by atoms with van der Waals surface area (Å²) in [6.45, 7) is -0.150. The van der Waals surface area contributed by atoms with E-state index in [1.807, 2.05) is 42.5 Å².